The molecule has 2 aromatic carbocycles. The quantitative estimate of drug-likeness (QED) is 0.0599. The number of allylic oxidation sites excluding steroid dienone is 9. The molecule has 2 aromatic rings. The van der Waals surface area contributed by atoms with Crippen LogP contribution in [0.3, 0.4) is 0 Å². The van der Waals surface area contributed by atoms with Crippen LogP contribution in [-0.2, 0) is 39.5 Å². The van der Waals surface area contributed by atoms with Gasteiger partial charge < -0.3 is 23.8 Å². The number of imide groups is 1. The summed E-state index contributed by atoms with van der Waals surface area (Å²) in [7, 11) is -2.95. The lowest BCUT2D eigenvalue weighted by Crippen LogP contribution is -2.46. The summed E-state index contributed by atoms with van der Waals surface area (Å²) >= 11 is 0. The largest absolute Gasteiger partial charge is 0.744 e. The smallest absolute Gasteiger partial charge is 0.333 e. The molecular formula is C47H57N3O9S. The Morgan fingerprint density at radius 3 is 2.37 bits per heavy atom. The number of methoxy groups -OCH3 is 1. The van der Waals surface area contributed by atoms with Gasteiger partial charge in [-0.05, 0) is 82.9 Å². The fourth-order valence-electron chi connectivity index (χ4n) is 8.32. The Balaban J connectivity index is 1.26. The second kappa shape index (κ2) is 17.1. The Hall–Kier alpha value is -5.11. The second-order valence-electron chi connectivity index (χ2n) is 17.9. The first kappa shape index (κ1) is 44.4. The maximum atomic E-state index is 12.4. The molecule has 6 rings (SSSR count). The number of carbonyl (C=O) groups is 3. The third-order valence-electron chi connectivity index (χ3n) is 11.5. The van der Waals surface area contributed by atoms with Crippen LogP contribution in [0.5, 0.6) is 5.75 Å². The Labute approximate surface area is 354 Å². The van der Waals surface area contributed by atoms with E-state index in [1.165, 1.54) is 17.7 Å². The van der Waals surface area contributed by atoms with Crippen molar-refractivity contribution in [3.8, 4) is 5.75 Å². The zero-order chi connectivity index (χ0) is 43.8. The highest BCUT2D eigenvalue weighted by atomic mass is 32.2. The monoisotopic (exact) mass is 839 g/mol. The van der Waals surface area contributed by atoms with Crippen molar-refractivity contribution in [2.45, 2.75) is 110 Å². The lowest BCUT2D eigenvalue weighted by atomic mass is 9.81. The van der Waals surface area contributed by atoms with Crippen LogP contribution >= 0.6 is 0 Å². The van der Waals surface area contributed by atoms with Crippen LogP contribution in [0.1, 0.15) is 111 Å². The maximum absolute atomic E-state index is 12.4. The minimum absolute atomic E-state index is 0.0375. The number of anilines is 1. The predicted molar refractivity (Wildman–Crippen MR) is 231 cm³/mol. The van der Waals surface area contributed by atoms with Crippen LogP contribution in [0.2, 0.25) is 0 Å². The summed E-state index contributed by atoms with van der Waals surface area (Å²) < 4.78 is 50.3. The van der Waals surface area contributed by atoms with Gasteiger partial charge in [0.25, 0.3) is 11.8 Å². The molecule has 0 radical (unpaired) electrons. The van der Waals surface area contributed by atoms with Crippen molar-refractivity contribution in [2.24, 2.45) is 5.41 Å². The number of rotatable bonds is 14. The number of ether oxygens (including phenoxy) is 2. The third kappa shape index (κ3) is 9.28. The number of carbonyl (C=O) groups excluding carboxylic acids is 3. The zero-order valence-electron chi connectivity index (χ0n) is 36.2. The fourth-order valence-corrected chi connectivity index (χ4v) is 8.82. The van der Waals surface area contributed by atoms with Crippen LogP contribution < -0.4 is 9.64 Å². The van der Waals surface area contributed by atoms with Gasteiger partial charge in [-0.25, -0.2) is 13.2 Å². The number of hydroxylamine groups is 2. The lowest BCUT2D eigenvalue weighted by Gasteiger charge is -2.44. The van der Waals surface area contributed by atoms with Gasteiger partial charge in [0.2, 0.25) is 5.69 Å². The zero-order valence-corrected chi connectivity index (χ0v) is 37.0. The molecular weight excluding hydrogens is 783 g/mol. The summed E-state index contributed by atoms with van der Waals surface area (Å²) in [6.07, 6.45) is 16.4. The number of unbranched alkanes of at least 4 members (excludes halogenated alkanes) is 2. The van der Waals surface area contributed by atoms with E-state index >= 15 is 0 Å². The van der Waals surface area contributed by atoms with E-state index in [-0.39, 0.29) is 35.1 Å². The summed E-state index contributed by atoms with van der Waals surface area (Å²) in [5, 5.41) is 0.562. The summed E-state index contributed by atoms with van der Waals surface area (Å²) in [6, 6.07) is 8.88. The van der Waals surface area contributed by atoms with Gasteiger partial charge in [-0.2, -0.15) is 4.58 Å². The van der Waals surface area contributed by atoms with Crippen LogP contribution in [0.4, 0.5) is 11.4 Å². The van der Waals surface area contributed by atoms with Gasteiger partial charge in [0.1, 0.15) is 28.2 Å². The molecule has 0 unspecified atom stereocenters. The maximum Gasteiger partial charge on any atom is 0.333 e. The summed E-state index contributed by atoms with van der Waals surface area (Å²) in [6.45, 7) is 18.9. The Morgan fingerprint density at radius 1 is 0.983 bits per heavy atom. The third-order valence-corrected chi connectivity index (χ3v) is 12.4. The molecule has 1 saturated heterocycles. The molecule has 2 amide bonds. The average Bonchev–Trinajstić information content (AvgIpc) is 3.58. The van der Waals surface area contributed by atoms with Gasteiger partial charge in [0, 0.05) is 85.3 Å². The van der Waals surface area contributed by atoms with Crippen molar-refractivity contribution in [3.05, 3.63) is 95.3 Å². The van der Waals surface area contributed by atoms with Gasteiger partial charge in [-0.15, -0.1) is 5.06 Å². The predicted octanol–water partition coefficient (Wildman–Crippen LogP) is 8.30. The topological polar surface area (TPSA) is 146 Å². The molecule has 0 atom stereocenters. The van der Waals surface area contributed by atoms with Gasteiger partial charge in [-0.1, -0.05) is 51.2 Å². The second-order valence-corrected chi connectivity index (χ2v) is 19.2. The lowest BCUT2D eigenvalue weighted by molar-refractivity contribution is -0.438. The molecule has 4 heterocycles. The SMILES string of the molecule is COCCN1c2cc3c(cc2C(C)=CC1(C)C)C(=CC=CC=CC1=[N+](CCCCCC(=O)ON2C(=O)CCC2=O)c2ccc(S(=O)(=O)[O-])cc2C1(C)C)C=C(C(C)(C)C)O3. The highest BCUT2D eigenvalue weighted by Crippen LogP contribution is 2.47. The van der Waals surface area contributed by atoms with Crippen molar-refractivity contribution in [1.29, 1.82) is 0 Å². The number of amides is 2. The minimum atomic E-state index is -4.67. The van der Waals surface area contributed by atoms with Crippen molar-refractivity contribution in [1.82, 2.24) is 5.06 Å². The van der Waals surface area contributed by atoms with E-state index in [4.69, 9.17) is 14.3 Å². The Morgan fingerprint density at radius 2 is 1.70 bits per heavy atom. The van der Waals surface area contributed by atoms with Gasteiger partial charge >= 0.3 is 5.97 Å². The van der Waals surface area contributed by atoms with E-state index in [0.29, 0.717) is 37.5 Å². The molecule has 13 heteroatoms. The molecule has 320 valence electrons. The molecule has 4 aliphatic heterocycles. The van der Waals surface area contributed by atoms with Crippen LogP contribution in [-0.4, -0.2) is 78.4 Å². The van der Waals surface area contributed by atoms with Gasteiger partial charge in [0.15, 0.2) is 5.71 Å². The number of benzene rings is 2. The van der Waals surface area contributed by atoms with E-state index < -0.39 is 33.3 Å². The molecule has 0 aromatic heterocycles. The van der Waals surface area contributed by atoms with Gasteiger partial charge in [0.05, 0.1) is 22.5 Å². The van der Waals surface area contributed by atoms with Crippen LogP contribution in [0, 0.1) is 5.41 Å². The number of hydrogen-bond acceptors (Lipinski definition) is 10. The minimum Gasteiger partial charge on any atom is -0.744 e. The summed E-state index contributed by atoms with van der Waals surface area (Å²) in [5.74, 6) is 0.0000361. The van der Waals surface area contributed by atoms with E-state index in [1.54, 1.807) is 13.2 Å². The molecule has 12 nitrogen and oxygen atoms in total. The molecule has 0 spiro atoms. The first-order chi connectivity index (χ1) is 28.1. The highest BCUT2D eigenvalue weighted by Gasteiger charge is 2.44. The molecule has 4 aliphatic rings. The number of hydrogen-bond donors (Lipinski definition) is 0. The summed E-state index contributed by atoms with van der Waals surface area (Å²) in [5.41, 5.74) is 6.84. The first-order valence-electron chi connectivity index (χ1n) is 20.6. The molecule has 0 N–H and O–H groups in total. The fraction of sp³-hybridized carbons (Fsp3) is 0.447. The van der Waals surface area contributed by atoms with E-state index in [9.17, 15) is 27.4 Å². The van der Waals surface area contributed by atoms with Crippen molar-refractivity contribution >= 4 is 56.1 Å². The van der Waals surface area contributed by atoms with E-state index in [0.717, 1.165) is 57.4 Å². The van der Waals surface area contributed by atoms with Gasteiger partial charge in [-0.3, -0.25) is 9.59 Å². The van der Waals surface area contributed by atoms with Crippen LogP contribution in [0.25, 0.3) is 11.1 Å². The van der Waals surface area contributed by atoms with Crippen molar-refractivity contribution < 1.29 is 46.2 Å². The Bertz CT molecular complexity index is 2370. The normalized spacial score (nSPS) is 19.2. The number of fused-ring (bicyclic) bond motifs is 3. The molecule has 0 saturated carbocycles. The molecule has 1 fully saturated rings. The highest BCUT2D eigenvalue weighted by molar-refractivity contribution is 7.85. The van der Waals surface area contributed by atoms with Crippen molar-refractivity contribution in [2.75, 3.05) is 31.7 Å². The van der Waals surface area contributed by atoms with E-state index in [1.807, 2.05) is 38.2 Å². The molecule has 60 heavy (non-hydrogen) atoms. The average molecular weight is 840 g/mol. The number of nitrogens with zero attached hydrogens (tertiary/aromatic N) is 3. The molecule has 0 bridgehead atoms. The van der Waals surface area contributed by atoms with Crippen LogP contribution in [0.15, 0.2) is 83.5 Å². The van der Waals surface area contributed by atoms with E-state index in [2.05, 4.69) is 81.4 Å². The first-order valence-corrected chi connectivity index (χ1v) is 22.0. The van der Waals surface area contributed by atoms with Crippen molar-refractivity contribution in [3.63, 3.8) is 0 Å². The summed E-state index contributed by atoms with van der Waals surface area (Å²) in [4.78, 5) is 43.1. The standard InChI is InChI=1S/C47H57N3O9S/c1-31-30-46(5,6)49(24-25-57-9)38-29-39-35(28-34(31)38)32(26-41(58-39)45(2,3)4)16-12-10-13-17-40-47(7,8)36-27-33(60(54,55)56)19-20-37(36)48(40)23-15-11-14-18-44(53)59-50-42(51)21-22-43(50)52/h10,12-13,16-17,19-20,26-30H,11,14-15,18,21-25H2,1-9H3. The molecule has 0 aliphatic carbocycles. The Kier molecular flexibility index (Phi) is 12.7.